The highest BCUT2D eigenvalue weighted by Gasteiger charge is 1.84. The Balaban J connectivity index is 3.37. The molecule has 0 saturated carbocycles. The molecule has 10 heavy (non-hydrogen) atoms. The summed E-state index contributed by atoms with van der Waals surface area (Å²) in [6.45, 7) is 2.02. The van der Waals surface area contributed by atoms with Crippen LogP contribution in [0.25, 0.3) is 0 Å². The Bertz CT molecular complexity index is 130. The van der Waals surface area contributed by atoms with Crippen molar-refractivity contribution in [3.8, 4) is 0 Å². The molecule has 0 N–H and O–H groups in total. The van der Waals surface area contributed by atoms with Gasteiger partial charge in [-0.1, -0.05) is 13.3 Å². The third-order valence-corrected chi connectivity index (χ3v) is 0.991. The normalized spacial score (nSPS) is 12.9. The van der Waals surface area contributed by atoms with E-state index in [0.717, 1.165) is 12.8 Å². The second-order valence-corrected chi connectivity index (χ2v) is 1.89. The molecule has 0 heterocycles. The molecular weight excluding hydrogens is 136 g/mol. The number of aliphatic imine (C=N–C) groups is 1. The molecule has 0 fully saturated rings. The molecule has 0 radical (unpaired) electrons. The number of unbranched alkanes of at least 4 members (excludes halogenated alkanes) is 2. The first kappa shape index (κ1) is 9.27. The van der Waals surface area contributed by atoms with Crippen LogP contribution in [-0.2, 0) is 0 Å². The summed E-state index contributed by atoms with van der Waals surface area (Å²) in [5, 5.41) is 0. The molecule has 0 aliphatic heterocycles. The first-order valence-electron chi connectivity index (χ1n) is 3.29. The summed E-state index contributed by atoms with van der Waals surface area (Å²) in [5.74, 6) is -1.06. The Morgan fingerprint density at radius 1 is 1.60 bits per heavy atom. The third-order valence-electron chi connectivity index (χ3n) is 0.991. The molecule has 0 amide bonds. The van der Waals surface area contributed by atoms with E-state index in [4.69, 9.17) is 0 Å². The van der Waals surface area contributed by atoms with E-state index < -0.39 is 5.95 Å². The molecule has 0 aromatic heterocycles. The van der Waals surface area contributed by atoms with E-state index in [9.17, 15) is 8.78 Å². The zero-order valence-corrected chi connectivity index (χ0v) is 5.98. The second kappa shape index (κ2) is 6.39. The molecule has 0 atom stereocenters. The monoisotopic (exact) mass is 147 g/mol. The maximum absolute atomic E-state index is 11.8. The lowest BCUT2D eigenvalue weighted by Crippen LogP contribution is -1.75. The van der Waals surface area contributed by atoms with Gasteiger partial charge in [0.05, 0.1) is 0 Å². The fourth-order valence-corrected chi connectivity index (χ4v) is 0.475. The Hall–Kier alpha value is -0.730. The fraction of sp³-hybridized carbons (Fsp3) is 0.571. The van der Waals surface area contributed by atoms with Gasteiger partial charge in [-0.05, 0) is 12.8 Å². The minimum absolute atomic E-state index is 0.150. The first-order valence-corrected chi connectivity index (χ1v) is 3.29. The van der Waals surface area contributed by atoms with Crippen LogP contribution < -0.4 is 0 Å². The Morgan fingerprint density at radius 3 is 2.80 bits per heavy atom. The summed E-state index contributed by atoms with van der Waals surface area (Å²) in [6.07, 6.45) is 3.94. The molecule has 0 aliphatic carbocycles. The third kappa shape index (κ3) is 5.41. The number of hydrogen-bond donors (Lipinski definition) is 0. The van der Waals surface area contributed by atoms with E-state index in [1.54, 1.807) is 0 Å². The summed E-state index contributed by atoms with van der Waals surface area (Å²) in [5.41, 5.74) is 0. The second-order valence-electron chi connectivity index (χ2n) is 1.89. The lowest BCUT2D eigenvalue weighted by Gasteiger charge is -1.85. The van der Waals surface area contributed by atoms with E-state index in [1.807, 2.05) is 6.92 Å². The Morgan fingerprint density at radius 2 is 2.30 bits per heavy atom. The molecule has 0 aromatic rings. The number of hydrogen-bond acceptors (Lipinski definition) is 1. The van der Waals surface area contributed by atoms with Gasteiger partial charge in [0.15, 0.2) is 0 Å². The largest absolute Gasteiger partial charge is 0.241 e. The highest BCUT2D eigenvalue weighted by atomic mass is 19.2. The SMILES string of the molecule is CCCCC=N/C(F)=C/F. The van der Waals surface area contributed by atoms with Crippen molar-refractivity contribution < 1.29 is 8.78 Å². The maximum atomic E-state index is 11.8. The van der Waals surface area contributed by atoms with Gasteiger partial charge in [-0.2, -0.15) is 4.39 Å². The van der Waals surface area contributed by atoms with Gasteiger partial charge in [0.2, 0.25) is 5.95 Å². The smallest absolute Gasteiger partial charge is 0.231 e. The van der Waals surface area contributed by atoms with Crippen LogP contribution in [0.4, 0.5) is 8.78 Å². The van der Waals surface area contributed by atoms with Gasteiger partial charge in [0, 0.05) is 6.21 Å². The molecule has 58 valence electrons. The van der Waals surface area contributed by atoms with Crippen molar-refractivity contribution in [2.75, 3.05) is 0 Å². The van der Waals surface area contributed by atoms with Gasteiger partial charge < -0.3 is 0 Å². The number of nitrogens with zero attached hydrogens (tertiary/aromatic N) is 1. The zero-order chi connectivity index (χ0) is 7.82. The highest BCUT2D eigenvalue weighted by Crippen LogP contribution is 1.98. The highest BCUT2D eigenvalue weighted by molar-refractivity contribution is 5.58. The summed E-state index contributed by atoms with van der Waals surface area (Å²) >= 11 is 0. The summed E-state index contributed by atoms with van der Waals surface area (Å²) in [6, 6.07) is 0. The van der Waals surface area contributed by atoms with Crippen LogP contribution in [0.2, 0.25) is 0 Å². The van der Waals surface area contributed by atoms with Crippen LogP contribution in [0.5, 0.6) is 0 Å². The average Bonchev–Trinajstić information content (AvgIpc) is 1.98. The minimum Gasteiger partial charge on any atom is -0.231 e. The van der Waals surface area contributed by atoms with Gasteiger partial charge in [0.1, 0.15) is 6.33 Å². The van der Waals surface area contributed by atoms with Gasteiger partial charge in [-0.15, -0.1) is 0 Å². The van der Waals surface area contributed by atoms with Crippen LogP contribution in [0.1, 0.15) is 26.2 Å². The quantitative estimate of drug-likeness (QED) is 0.329. The molecular formula is C7H11F2N. The van der Waals surface area contributed by atoms with E-state index in [2.05, 4.69) is 4.99 Å². The summed E-state index contributed by atoms with van der Waals surface area (Å²) in [4.78, 5) is 3.17. The lowest BCUT2D eigenvalue weighted by atomic mass is 10.3. The van der Waals surface area contributed by atoms with Crippen molar-refractivity contribution in [3.05, 3.63) is 12.3 Å². The van der Waals surface area contributed by atoms with E-state index in [-0.39, 0.29) is 6.33 Å². The summed E-state index contributed by atoms with van der Waals surface area (Å²) in [7, 11) is 0. The number of halogens is 2. The molecule has 0 aliphatic rings. The van der Waals surface area contributed by atoms with E-state index in [1.165, 1.54) is 6.21 Å². The standard InChI is InChI=1S/C7H11F2N/c1-2-3-4-5-10-7(9)6-8/h5-6H,2-4H2,1H3/b7-6+,10-5?. The van der Waals surface area contributed by atoms with Crippen molar-refractivity contribution in [1.82, 2.24) is 0 Å². The van der Waals surface area contributed by atoms with Gasteiger partial charge in [0.25, 0.3) is 0 Å². The summed E-state index contributed by atoms with van der Waals surface area (Å²) < 4.78 is 23.1. The molecule has 0 rings (SSSR count). The maximum Gasteiger partial charge on any atom is 0.241 e. The molecule has 0 spiro atoms. The predicted octanol–water partition coefficient (Wildman–Crippen LogP) is 2.99. The Labute approximate surface area is 59.5 Å². The van der Waals surface area contributed by atoms with Crippen LogP contribution in [-0.4, -0.2) is 6.21 Å². The molecule has 0 aromatic carbocycles. The molecule has 0 bridgehead atoms. The Kier molecular flexibility index (Phi) is 5.92. The molecule has 0 unspecified atom stereocenters. The molecule has 3 heteroatoms. The van der Waals surface area contributed by atoms with E-state index >= 15 is 0 Å². The topological polar surface area (TPSA) is 12.4 Å². The van der Waals surface area contributed by atoms with Crippen LogP contribution >= 0.6 is 0 Å². The van der Waals surface area contributed by atoms with Crippen molar-refractivity contribution >= 4 is 6.21 Å². The van der Waals surface area contributed by atoms with Gasteiger partial charge >= 0.3 is 0 Å². The molecule has 1 nitrogen and oxygen atoms in total. The predicted molar refractivity (Wildman–Crippen MR) is 38.3 cm³/mol. The van der Waals surface area contributed by atoms with Crippen molar-refractivity contribution in [3.63, 3.8) is 0 Å². The first-order chi connectivity index (χ1) is 4.81. The minimum atomic E-state index is -1.06. The lowest BCUT2D eigenvalue weighted by molar-refractivity contribution is 0.576. The van der Waals surface area contributed by atoms with Crippen molar-refractivity contribution in [1.29, 1.82) is 0 Å². The van der Waals surface area contributed by atoms with Crippen LogP contribution in [0.15, 0.2) is 17.3 Å². The fourth-order valence-electron chi connectivity index (χ4n) is 0.475. The van der Waals surface area contributed by atoms with E-state index in [0.29, 0.717) is 6.42 Å². The van der Waals surface area contributed by atoms with Gasteiger partial charge in [-0.3, -0.25) is 0 Å². The zero-order valence-electron chi connectivity index (χ0n) is 5.98. The van der Waals surface area contributed by atoms with Gasteiger partial charge in [-0.25, -0.2) is 9.38 Å². The average molecular weight is 147 g/mol. The van der Waals surface area contributed by atoms with Crippen molar-refractivity contribution in [2.45, 2.75) is 26.2 Å². The van der Waals surface area contributed by atoms with Crippen molar-refractivity contribution in [2.24, 2.45) is 4.99 Å². The molecule has 0 saturated heterocycles. The van der Waals surface area contributed by atoms with Crippen LogP contribution in [0, 0.1) is 0 Å². The number of rotatable bonds is 4. The van der Waals surface area contributed by atoms with Crippen LogP contribution in [0.3, 0.4) is 0 Å².